The molecule has 3 nitrogen and oxygen atoms in total. The minimum atomic E-state index is -0.591. The standard InChI is InChI=1S/C20H22ClNO2/c1-13(2)18-12-24-20(22-18)17-6-4-3-5-15(17)11-19(23)14-7-9-16(21)10-8-14/h3-10,13,18-19,23H,11-12H2,1-2H3/t18-,19+/m1/s1. The fourth-order valence-electron chi connectivity index (χ4n) is 2.80. The highest BCUT2D eigenvalue weighted by Crippen LogP contribution is 2.25. The number of rotatable bonds is 5. The second-order valence-corrected chi connectivity index (χ2v) is 6.92. The van der Waals surface area contributed by atoms with Crippen LogP contribution >= 0.6 is 11.6 Å². The van der Waals surface area contributed by atoms with E-state index in [0.717, 1.165) is 16.7 Å². The molecule has 0 saturated carbocycles. The van der Waals surface area contributed by atoms with Crippen molar-refractivity contribution in [2.45, 2.75) is 32.4 Å². The van der Waals surface area contributed by atoms with E-state index in [1.165, 1.54) is 0 Å². The highest BCUT2D eigenvalue weighted by molar-refractivity contribution is 6.30. The van der Waals surface area contributed by atoms with Gasteiger partial charge in [-0.25, -0.2) is 4.99 Å². The molecule has 2 aromatic rings. The average molecular weight is 344 g/mol. The summed E-state index contributed by atoms with van der Waals surface area (Å²) in [6.07, 6.45) is -0.0849. The lowest BCUT2D eigenvalue weighted by molar-refractivity contribution is 0.178. The number of aliphatic imine (C=N–C) groups is 1. The highest BCUT2D eigenvalue weighted by atomic mass is 35.5. The largest absolute Gasteiger partial charge is 0.475 e. The number of nitrogens with zero attached hydrogens (tertiary/aromatic N) is 1. The monoisotopic (exact) mass is 343 g/mol. The molecule has 2 aromatic carbocycles. The molecule has 0 aromatic heterocycles. The zero-order valence-corrected chi connectivity index (χ0v) is 14.7. The van der Waals surface area contributed by atoms with E-state index in [1.54, 1.807) is 12.1 Å². The maximum atomic E-state index is 10.5. The second kappa shape index (κ2) is 7.37. The molecule has 1 aliphatic heterocycles. The Bertz CT molecular complexity index is 725. The number of hydrogen-bond donors (Lipinski definition) is 1. The van der Waals surface area contributed by atoms with Crippen molar-refractivity contribution < 1.29 is 9.84 Å². The minimum absolute atomic E-state index is 0.203. The Kier molecular flexibility index (Phi) is 5.22. The van der Waals surface area contributed by atoms with Gasteiger partial charge in [0.2, 0.25) is 5.90 Å². The normalized spacial score (nSPS) is 18.4. The van der Waals surface area contributed by atoms with E-state index in [-0.39, 0.29) is 6.04 Å². The first-order chi connectivity index (χ1) is 11.5. The molecule has 0 fully saturated rings. The summed E-state index contributed by atoms with van der Waals surface area (Å²) in [7, 11) is 0. The molecule has 0 radical (unpaired) electrons. The lowest BCUT2D eigenvalue weighted by Crippen LogP contribution is -2.13. The topological polar surface area (TPSA) is 41.8 Å². The third-order valence-electron chi connectivity index (χ3n) is 4.36. The van der Waals surface area contributed by atoms with Crippen LogP contribution in [0.5, 0.6) is 0 Å². The van der Waals surface area contributed by atoms with Crippen LogP contribution in [0.2, 0.25) is 5.02 Å². The van der Waals surface area contributed by atoms with E-state index in [2.05, 4.69) is 13.8 Å². The van der Waals surface area contributed by atoms with Gasteiger partial charge in [-0.3, -0.25) is 0 Å². The van der Waals surface area contributed by atoms with Gasteiger partial charge in [0.05, 0.1) is 12.1 Å². The van der Waals surface area contributed by atoms with Gasteiger partial charge in [0.15, 0.2) is 0 Å². The molecular formula is C20H22ClNO2. The van der Waals surface area contributed by atoms with Crippen LogP contribution in [-0.4, -0.2) is 23.7 Å². The van der Waals surface area contributed by atoms with E-state index in [1.807, 2.05) is 36.4 Å². The highest BCUT2D eigenvalue weighted by Gasteiger charge is 2.24. The van der Waals surface area contributed by atoms with Crippen molar-refractivity contribution in [3.05, 3.63) is 70.2 Å². The first-order valence-electron chi connectivity index (χ1n) is 8.27. The number of halogens is 1. The Morgan fingerprint density at radius 1 is 1.17 bits per heavy atom. The van der Waals surface area contributed by atoms with E-state index in [9.17, 15) is 5.11 Å². The van der Waals surface area contributed by atoms with Crippen molar-refractivity contribution in [2.75, 3.05) is 6.61 Å². The van der Waals surface area contributed by atoms with Crippen molar-refractivity contribution in [1.82, 2.24) is 0 Å². The number of benzene rings is 2. The predicted octanol–water partition coefficient (Wildman–Crippen LogP) is 4.42. The van der Waals surface area contributed by atoms with Crippen molar-refractivity contribution >= 4 is 17.5 Å². The zero-order valence-electron chi connectivity index (χ0n) is 13.9. The molecule has 126 valence electrons. The number of hydrogen-bond acceptors (Lipinski definition) is 3. The molecule has 4 heteroatoms. The first kappa shape index (κ1) is 17.0. The molecule has 0 amide bonds. The smallest absolute Gasteiger partial charge is 0.216 e. The zero-order chi connectivity index (χ0) is 17.1. The number of aliphatic hydroxyl groups is 1. The van der Waals surface area contributed by atoms with Gasteiger partial charge in [0, 0.05) is 17.0 Å². The van der Waals surface area contributed by atoms with Crippen molar-refractivity contribution in [3.8, 4) is 0 Å². The van der Waals surface area contributed by atoms with Gasteiger partial charge in [-0.15, -0.1) is 0 Å². The van der Waals surface area contributed by atoms with Gasteiger partial charge >= 0.3 is 0 Å². The third-order valence-corrected chi connectivity index (χ3v) is 4.61. The lowest BCUT2D eigenvalue weighted by Gasteiger charge is -2.14. The van der Waals surface area contributed by atoms with E-state index in [0.29, 0.717) is 29.9 Å². The predicted molar refractivity (Wildman–Crippen MR) is 97.7 cm³/mol. The van der Waals surface area contributed by atoms with Crippen LogP contribution in [0.25, 0.3) is 0 Å². The molecule has 0 spiro atoms. The summed E-state index contributed by atoms with van der Waals surface area (Å²) >= 11 is 5.91. The van der Waals surface area contributed by atoms with Crippen molar-refractivity contribution in [2.24, 2.45) is 10.9 Å². The molecule has 1 heterocycles. The Balaban J connectivity index is 1.82. The van der Waals surface area contributed by atoms with Crippen LogP contribution in [-0.2, 0) is 11.2 Å². The summed E-state index contributed by atoms with van der Waals surface area (Å²) in [5.74, 6) is 1.14. The maximum absolute atomic E-state index is 10.5. The molecule has 2 atom stereocenters. The van der Waals surface area contributed by atoms with Gasteiger partial charge < -0.3 is 9.84 Å². The van der Waals surface area contributed by atoms with Gasteiger partial charge in [-0.05, 0) is 35.2 Å². The fraction of sp³-hybridized carbons (Fsp3) is 0.350. The summed E-state index contributed by atoms with van der Waals surface area (Å²) in [6.45, 7) is 4.92. The van der Waals surface area contributed by atoms with Crippen LogP contribution in [0.15, 0.2) is 53.5 Å². The molecule has 24 heavy (non-hydrogen) atoms. The minimum Gasteiger partial charge on any atom is -0.475 e. The van der Waals surface area contributed by atoms with Crippen molar-refractivity contribution in [3.63, 3.8) is 0 Å². The van der Waals surface area contributed by atoms with Crippen LogP contribution in [0, 0.1) is 5.92 Å². The Morgan fingerprint density at radius 2 is 1.88 bits per heavy atom. The average Bonchev–Trinajstić information content (AvgIpc) is 3.06. The van der Waals surface area contributed by atoms with Crippen LogP contribution in [0.1, 0.15) is 36.6 Å². The van der Waals surface area contributed by atoms with Gasteiger partial charge in [-0.1, -0.05) is 55.8 Å². The van der Waals surface area contributed by atoms with Gasteiger partial charge in [0.1, 0.15) is 6.61 Å². The quantitative estimate of drug-likeness (QED) is 0.873. The summed E-state index contributed by atoms with van der Waals surface area (Å²) in [4.78, 5) is 4.71. The van der Waals surface area contributed by atoms with E-state index >= 15 is 0 Å². The molecule has 0 aliphatic carbocycles. The molecule has 1 aliphatic rings. The van der Waals surface area contributed by atoms with Gasteiger partial charge in [0.25, 0.3) is 0 Å². The van der Waals surface area contributed by atoms with Gasteiger partial charge in [-0.2, -0.15) is 0 Å². The van der Waals surface area contributed by atoms with Crippen LogP contribution < -0.4 is 0 Å². The van der Waals surface area contributed by atoms with Crippen LogP contribution in [0.3, 0.4) is 0 Å². The molecule has 0 saturated heterocycles. The molecule has 0 unspecified atom stereocenters. The fourth-order valence-corrected chi connectivity index (χ4v) is 2.92. The van der Waals surface area contributed by atoms with Crippen LogP contribution in [0.4, 0.5) is 0 Å². The number of aliphatic hydroxyl groups excluding tert-OH is 1. The van der Waals surface area contributed by atoms with E-state index < -0.39 is 6.10 Å². The molecule has 1 N–H and O–H groups in total. The Morgan fingerprint density at radius 3 is 2.54 bits per heavy atom. The summed E-state index contributed by atoms with van der Waals surface area (Å²) in [6, 6.07) is 15.5. The second-order valence-electron chi connectivity index (χ2n) is 6.49. The summed E-state index contributed by atoms with van der Waals surface area (Å²) < 4.78 is 5.81. The summed E-state index contributed by atoms with van der Waals surface area (Å²) in [5.41, 5.74) is 2.85. The Hall–Kier alpha value is -1.84. The molecule has 0 bridgehead atoms. The number of ether oxygens (including phenoxy) is 1. The SMILES string of the molecule is CC(C)[C@H]1COC(c2ccccc2C[C@H](O)c2ccc(Cl)cc2)=N1. The molecule has 3 rings (SSSR count). The lowest BCUT2D eigenvalue weighted by atomic mass is 9.97. The third kappa shape index (κ3) is 3.80. The van der Waals surface area contributed by atoms with E-state index in [4.69, 9.17) is 21.3 Å². The maximum Gasteiger partial charge on any atom is 0.216 e. The summed E-state index contributed by atoms with van der Waals surface area (Å²) in [5, 5.41) is 11.2. The Labute approximate surface area is 148 Å². The first-order valence-corrected chi connectivity index (χ1v) is 8.65. The molecular weight excluding hydrogens is 322 g/mol. The van der Waals surface area contributed by atoms with Crippen molar-refractivity contribution in [1.29, 1.82) is 0 Å².